The van der Waals surface area contributed by atoms with Crippen molar-refractivity contribution in [2.75, 3.05) is 0 Å². The summed E-state index contributed by atoms with van der Waals surface area (Å²) in [5.41, 5.74) is 29.9. The van der Waals surface area contributed by atoms with Crippen LogP contribution in [0.15, 0.2) is 23.4 Å². The average Bonchev–Trinajstić information content (AvgIpc) is 1.97. The molecule has 1 unspecified atom stereocenters. The molecule has 5 heteroatoms. The first-order valence-electron chi connectivity index (χ1n) is 5.14. The van der Waals surface area contributed by atoms with E-state index in [2.05, 4.69) is 6.08 Å². The molecule has 15 heavy (non-hydrogen) atoms. The molecule has 2 rings (SSSR count). The molecule has 84 valence electrons. The maximum atomic E-state index is 6.06. The Balaban J connectivity index is 2.48. The molecule has 0 bridgehead atoms. The number of allylic oxidation sites excluding steroid dienone is 2. The molecule has 0 amide bonds. The topological polar surface area (TPSA) is 130 Å². The third kappa shape index (κ3) is 1.68. The summed E-state index contributed by atoms with van der Waals surface area (Å²) in [4.78, 5) is 0. The Kier molecular flexibility index (Phi) is 2.16. The second-order valence-corrected chi connectivity index (χ2v) is 4.80. The molecule has 0 saturated carbocycles. The standard InChI is InChI=1S/C10H19N5/c11-7-4-6-2-1-3-9(12,13)8(6)10(14,15)5-7/h2,4,8H,1,3,5,11-15H2. The van der Waals surface area contributed by atoms with Crippen LogP contribution in [0.25, 0.3) is 0 Å². The molecule has 0 heterocycles. The number of fused-ring (bicyclic) bond motifs is 1. The van der Waals surface area contributed by atoms with E-state index in [1.54, 1.807) is 0 Å². The number of rotatable bonds is 0. The first-order chi connectivity index (χ1) is 6.83. The molecule has 0 aromatic rings. The normalized spacial score (nSPS) is 32.7. The second-order valence-electron chi connectivity index (χ2n) is 4.80. The number of nitrogens with two attached hydrogens (primary N) is 5. The summed E-state index contributed by atoms with van der Waals surface area (Å²) in [7, 11) is 0. The van der Waals surface area contributed by atoms with Crippen LogP contribution in [0.4, 0.5) is 0 Å². The summed E-state index contributed by atoms with van der Waals surface area (Å²) in [6.45, 7) is 0. The van der Waals surface area contributed by atoms with E-state index in [4.69, 9.17) is 28.7 Å². The fourth-order valence-electron chi connectivity index (χ4n) is 2.73. The first-order valence-corrected chi connectivity index (χ1v) is 5.14. The van der Waals surface area contributed by atoms with Crippen molar-refractivity contribution in [2.45, 2.75) is 30.6 Å². The molecular weight excluding hydrogens is 190 g/mol. The Morgan fingerprint density at radius 1 is 1.13 bits per heavy atom. The fraction of sp³-hybridized carbons (Fsp3) is 0.600. The largest absolute Gasteiger partial charge is 0.402 e. The highest BCUT2D eigenvalue weighted by Gasteiger charge is 2.47. The highest BCUT2D eigenvalue weighted by molar-refractivity contribution is 5.37. The maximum absolute atomic E-state index is 6.06. The van der Waals surface area contributed by atoms with Gasteiger partial charge < -0.3 is 28.7 Å². The summed E-state index contributed by atoms with van der Waals surface area (Å²) in [6, 6.07) is 0. The molecule has 0 radical (unpaired) electrons. The molecule has 0 spiro atoms. The summed E-state index contributed by atoms with van der Waals surface area (Å²) >= 11 is 0. The number of hydrogen-bond acceptors (Lipinski definition) is 5. The lowest BCUT2D eigenvalue weighted by atomic mass is 9.68. The van der Waals surface area contributed by atoms with Crippen LogP contribution in [0.1, 0.15) is 19.3 Å². The van der Waals surface area contributed by atoms with Crippen LogP contribution in [0.3, 0.4) is 0 Å². The highest BCUT2D eigenvalue weighted by Crippen LogP contribution is 2.39. The van der Waals surface area contributed by atoms with Gasteiger partial charge in [0.15, 0.2) is 0 Å². The molecule has 10 N–H and O–H groups in total. The Bertz CT molecular complexity index is 340. The van der Waals surface area contributed by atoms with Gasteiger partial charge in [0.2, 0.25) is 0 Å². The molecule has 2 aliphatic carbocycles. The van der Waals surface area contributed by atoms with Gasteiger partial charge in [-0.3, -0.25) is 0 Å². The van der Waals surface area contributed by atoms with Crippen molar-refractivity contribution in [3.63, 3.8) is 0 Å². The van der Waals surface area contributed by atoms with Crippen LogP contribution in [0.2, 0.25) is 0 Å². The van der Waals surface area contributed by atoms with Crippen LogP contribution in [-0.2, 0) is 0 Å². The van der Waals surface area contributed by atoms with Gasteiger partial charge in [-0.2, -0.15) is 0 Å². The molecule has 0 aliphatic heterocycles. The van der Waals surface area contributed by atoms with Crippen LogP contribution in [-0.4, -0.2) is 11.3 Å². The van der Waals surface area contributed by atoms with E-state index < -0.39 is 11.3 Å². The zero-order chi connectivity index (χ0) is 11.3. The Hall–Kier alpha value is -0.880. The van der Waals surface area contributed by atoms with E-state index in [1.165, 1.54) is 0 Å². The molecular formula is C10H19N5. The van der Waals surface area contributed by atoms with Crippen LogP contribution in [0, 0.1) is 5.92 Å². The predicted octanol–water partition coefficient (Wildman–Crippen LogP) is -1.20. The van der Waals surface area contributed by atoms with Gasteiger partial charge in [0.05, 0.1) is 11.3 Å². The Labute approximate surface area is 89.3 Å². The second kappa shape index (κ2) is 3.05. The lowest BCUT2D eigenvalue weighted by Gasteiger charge is -2.48. The third-order valence-corrected chi connectivity index (χ3v) is 3.23. The smallest absolute Gasteiger partial charge is 0.0793 e. The molecule has 0 aromatic carbocycles. The van der Waals surface area contributed by atoms with Gasteiger partial charge in [0.25, 0.3) is 0 Å². The minimum Gasteiger partial charge on any atom is -0.402 e. The maximum Gasteiger partial charge on any atom is 0.0793 e. The van der Waals surface area contributed by atoms with Gasteiger partial charge in [-0.1, -0.05) is 6.08 Å². The van der Waals surface area contributed by atoms with Crippen molar-refractivity contribution in [3.05, 3.63) is 23.4 Å². The van der Waals surface area contributed by atoms with Gasteiger partial charge in [0, 0.05) is 18.0 Å². The zero-order valence-electron chi connectivity index (χ0n) is 8.74. The monoisotopic (exact) mass is 209 g/mol. The SMILES string of the molecule is NC1=CC2=CCCC(N)(N)C2C(N)(N)C1. The lowest BCUT2D eigenvalue weighted by molar-refractivity contribution is 0.170. The molecule has 2 aliphatic rings. The van der Waals surface area contributed by atoms with E-state index in [0.29, 0.717) is 18.5 Å². The van der Waals surface area contributed by atoms with Gasteiger partial charge in [-0.25, -0.2) is 0 Å². The van der Waals surface area contributed by atoms with Crippen molar-refractivity contribution < 1.29 is 0 Å². The van der Waals surface area contributed by atoms with Crippen molar-refractivity contribution >= 4 is 0 Å². The minimum absolute atomic E-state index is 0.217. The predicted molar refractivity (Wildman–Crippen MR) is 59.9 cm³/mol. The Morgan fingerprint density at radius 2 is 1.80 bits per heavy atom. The van der Waals surface area contributed by atoms with E-state index in [0.717, 1.165) is 12.0 Å². The van der Waals surface area contributed by atoms with E-state index in [9.17, 15) is 0 Å². The van der Waals surface area contributed by atoms with Crippen molar-refractivity contribution in [1.29, 1.82) is 0 Å². The molecule has 5 nitrogen and oxygen atoms in total. The van der Waals surface area contributed by atoms with Crippen molar-refractivity contribution in [3.8, 4) is 0 Å². The lowest BCUT2D eigenvalue weighted by Crippen LogP contribution is -2.71. The van der Waals surface area contributed by atoms with E-state index in [-0.39, 0.29) is 5.92 Å². The van der Waals surface area contributed by atoms with Crippen molar-refractivity contribution in [1.82, 2.24) is 0 Å². The minimum atomic E-state index is -0.936. The van der Waals surface area contributed by atoms with Gasteiger partial charge in [-0.15, -0.1) is 0 Å². The third-order valence-electron chi connectivity index (χ3n) is 3.23. The van der Waals surface area contributed by atoms with Gasteiger partial charge >= 0.3 is 0 Å². The van der Waals surface area contributed by atoms with Crippen LogP contribution >= 0.6 is 0 Å². The average molecular weight is 209 g/mol. The summed E-state index contributed by atoms with van der Waals surface area (Å²) < 4.78 is 0. The zero-order valence-corrected chi connectivity index (χ0v) is 8.74. The van der Waals surface area contributed by atoms with Crippen LogP contribution < -0.4 is 28.7 Å². The molecule has 0 aromatic heterocycles. The summed E-state index contributed by atoms with van der Waals surface area (Å²) in [6.07, 6.45) is 5.95. The molecule has 0 saturated heterocycles. The molecule has 1 atom stereocenters. The summed E-state index contributed by atoms with van der Waals surface area (Å²) in [5.74, 6) is -0.217. The number of hydrogen-bond donors (Lipinski definition) is 5. The van der Waals surface area contributed by atoms with Gasteiger partial charge in [-0.05, 0) is 24.5 Å². The fourth-order valence-corrected chi connectivity index (χ4v) is 2.73. The molecule has 0 fully saturated rings. The Morgan fingerprint density at radius 3 is 2.47 bits per heavy atom. The van der Waals surface area contributed by atoms with Gasteiger partial charge in [0.1, 0.15) is 0 Å². The highest BCUT2D eigenvalue weighted by atomic mass is 15.1. The summed E-state index contributed by atoms with van der Waals surface area (Å²) in [5, 5.41) is 0. The first kappa shape index (κ1) is 10.6. The van der Waals surface area contributed by atoms with Crippen LogP contribution in [0.5, 0.6) is 0 Å². The van der Waals surface area contributed by atoms with E-state index in [1.807, 2.05) is 6.08 Å². The van der Waals surface area contributed by atoms with Crippen molar-refractivity contribution in [2.24, 2.45) is 34.6 Å². The quantitative estimate of drug-likeness (QED) is 0.320. The van der Waals surface area contributed by atoms with E-state index >= 15 is 0 Å².